The van der Waals surface area contributed by atoms with Crippen LogP contribution in [0.5, 0.6) is 0 Å². The van der Waals surface area contributed by atoms with Crippen molar-refractivity contribution in [2.75, 3.05) is 26.2 Å². The zero-order valence-electron chi connectivity index (χ0n) is 8.54. The second-order valence-corrected chi connectivity index (χ2v) is 4.80. The molecule has 2 heteroatoms. The molecule has 1 saturated carbocycles. The van der Waals surface area contributed by atoms with Gasteiger partial charge in [0, 0.05) is 13.1 Å². The molecule has 2 bridgehead atoms. The van der Waals surface area contributed by atoms with Gasteiger partial charge < -0.3 is 10.6 Å². The van der Waals surface area contributed by atoms with Crippen molar-refractivity contribution in [1.82, 2.24) is 4.90 Å². The molecule has 1 aliphatic heterocycles. The molecular weight excluding hydrogens is 160 g/mol. The molecule has 0 unspecified atom stereocenters. The van der Waals surface area contributed by atoms with Crippen molar-refractivity contribution in [2.45, 2.75) is 32.1 Å². The minimum absolute atomic E-state index is 0.853. The third-order valence-corrected chi connectivity index (χ3v) is 3.60. The molecule has 1 heterocycles. The maximum atomic E-state index is 5.53. The van der Waals surface area contributed by atoms with Gasteiger partial charge in [-0.2, -0.15) is 0 Å². The molecule has 1 aliphatic carbocycles. The molecule has 0 aromatic carbocycles. The number of piperidine rings is 1. The Bertz CT molecular complexity index is 146. The van der Waals surface area contributed by atoms with Crippen LogP contribution in [0.4, 0.5) is 0 Å². The first-order valence-corrected chi connectivity index (χ1v) is 5.81. The summed E-state index contributed by atoms with van der Waals surface area (Å²) >= 11 is 0. The predicted octanol–water partition coefficient (Wildman–Crippen LogP) is 1.46. The summed E-state index contributed by atoms with van der Waals surface area (Å²) in [6.07, 6.45) is 7.14. The Morgan fingerprint density at radius 1 is 1.15 bits per heavy atom. The van der Waals surface area contributed by atoms with Crippen LogP contribution >= 0.6 is 0 Å². The number of hydrogen-bond donors (Lipinski definition) is 1. The van der Waals surface area contributed by atoms with Gasteiger partial charge >= 0.3 is 0 Å². The highest BCUT2D eigenvalue weighted by Gasteiger charge is 2.29. The van der Waals surface area contributed by atoms with Crippen LogP contribution < -0.4 is 5.73 Å². The minimum atomic E-state index is 0.853. The van der Waals surface area contributed by atoms with Gasteiger partial charge in [-0.15, -0.1) is 0 Å². The summed E-state index contributed by atoms with van der Waals surface area (Å²) in [6, 6.07) is 0. The summed E-state index contributed by atoms with van der Waals surface area (Å²) in [4.78, 5) is 2.64. The SMILES string of the molecule is NCCCN1C[C@H]2CCC[C@@H](C2)C1. The molecule has 2 nitrogen and oxygen atoms in total. The maximum Gasteiger partial charge on any atom is 0.000989 e. The molecule has 0 aromatic rings. The van der Waals surface area contributed by atoms with Gasteiger partial charge in [0.25, 0.3) is 0 Å². The summed E-state index contributed by atoms with van der Waals surface area (Å²) in [5.41, 5.74) is 5.53. The molecule has 0 amide bonds. The van der Waals surface area contributed by atoms with Crippen molar-refractivity contribution in [3.05, 3.63) is 0 Å². The molecule has 0 aromatic heterocycles. The summed E-state index contributed by atoms with van der Waals surface area (Å²) < 4.78 is 0. The van der Waals surface area contributed by atoms with Gasteiger partial charge in [-0.3, -0.25) is 0 Å². The molecule has 2 fully saturated rings. The Labute approximate surface area is 81.5 Å². The second kappa shape index (κ2) is 4.43. The van der Waals surface area contributed by atoms with E-state index >= 15 is 0 Å². The average molecular weight is 182 g/mol. The summed E-state index contributed by atoms with van der Waals surface area (Å²) in [7, 11) is 0. The van der Waals surface area contributed by atoms with E-state index in [1.54, 1.807) is 0 Å². The average Bonchev–Trinajstić information content (AvgIpc) is 2.14. The summed E-state index contributed by atoms with van der Waals surface area (Å²) in [5.74, 6) is 2.04. The van der Waals surface area contributed by atoms with Gasteiger partial charge in [0.05, 0.1) is 0 Å². The Hall–Kier alpha value is -0.0800. The maximum absolute atomic E-state index is 5.53. The van der Waals surface area contributed by atoms with E-state index in [2.05, 4.69) is 4.90 Å². The largest absolute Gasteiger partial charge is 0.330 e. The van der Waals surface area contributed by atoms with E-state index < -0.39 is 0 Å². The third kappa shape index (κ3) is 2.44. The van der Waals surface area contributed by atoms with Gasteiger partial charge in [-0.05, 0) is 50.6 Å². The lowest BCUT2D eigenvalue weighted by Gasteiger charge is -2.41. The van der Waals surface area contributed by atoms with Crippen molar-refractivity contribution >= 4 is 0 Å². The van der Waals surface area contributed by atoms with Crippen molar-refractivity contribution in [3.63, 3.8) is 0 Å². The lowest BCUT2D eigenvalue weighted by atomic mass is 9.78. The van der Waals surface area contributed by atoms with Crippen LogP contribution in [0.1, 0.15) is 32.1 Å². The number of likely N-dealkylation sites (tertiary alicyclic amines) is 1. The molecule has 2 aliphatic rings. The quantitative estimate of drug-likeness (QED) is 0.716. The number of nitrogens with zero attached hydrogens (tertiary/aromatic N) is 1. The van der Waals surface area contributed by atoms with Gasteiger partial charge in [0.2, 0.25) is 0 Å². The standard InChI is InChI=1S/C11H22N2/c12-5-2-6-13-8-10-3-1-4-11(7-10)9-13/h10-11H,1-9,12H2/t10-,11-/m0/s1. The molecule has 0 spiro atoms. The second-order valence-electron chi connectivity index (χ2n) is 4.80. The zero-order chi connectivity index (χ0) is 9.10. The molecule has 2 N–H and O–H groups in total. The van der Waals surface area contributed by atoms with Crippen LogP contribution in [0.15, 0.2) is 0 Å². The van der Waals surface area contributed by atoms with Gasteiger partial charge in [0.15, 0.2) is 0 Å². The number of fused-ring (bicyclic) bond motifs is 2. The Morgan fingerprint density at radius 2 is 1.85 bits per heavy atom. The van der Waals surface area contributed by atoms with E-state index in [-0.39, 0.29) is 0 Å². The van der Waals surface area contributed by atoms with Gasteiger partial charge in [0.1, 0.15) is 0 Å². The smallest absolute Gasteiger partial charge is 0.000989 e. The van der Waals surface area contributed by atoms with Gasteiger partial charge in [-0.1, -0.05) is 6.42 Å². The van der Waals surface area contributed by atoms with Crippen LogP contribution in [0.2, 0.25) is 0 Å². The van der Waals surface area contributed by atoms with Crippen LogP contribution in [0, 0.1) is 11.8 Å². The topological polar surface area (TPSA) is 29.3 Å². The van der Waals surface area contributed by atoms with Crippen molar-refractivity contribution < 1.29 is 0 Å². The predicted molar refractivity (Wildman–Crippen MR) is 55.6 cm³/mol. The lowest BCUT2D eigenvalue weighted by Crippen LogP contribution is -2.43. The Morgan fingerprint density at radius 3 is 2.46 bits per heavy atom. The van der Waals surface area contributed by atoms with E-state index in [4.69, 9.17) is 5.73 Å². The molecular formula is C11H22N2. The van der Waals surface area contributed by atoms with Crippen LogP contribution in [-0.2, 0) is 0 Å². The van der Waals surface area contributed by atoms with E-state index in [0.29, 0.717) is 0 Å². The van der Waals surface area contributed by atoms with Crippen LogP contribution in [-0.4, -0.2) is 31.1 Å². The van der Waals surface area contributed by atoms with E-state index in [0.717, 1.165) is 18.4 Å². The van der Waals surface area contributed by atoms with E-state index in [1.165, 1.54) is 51.7 Å². The van der Waals surface area contributed by atoms with E-state index in [1.807, 2.05) is 0 Å². The first-order valence-electron chi connectivity index (χ1n) is 5.81. The Balaban J connectivity index is 1.80. The highest BCUT2D eigenvalue weighted by atomic mass is 15.1. The fourth-order valence-corrected chi connectivity index (χ4v) is 3.04. The van der Waals surface area contributed by atoms with Crippen molar-refractivity contribution in [2.24, 2.45) is 17.6 Å². The van der Waals surface area contributed by atoms with Crippen molar-refractivity contribution in [1.29, 1.82) is 0 Å². The van der Waals surface area contributed by atoms with E-state index in [9.17, 15) is 0 Å². The first kappa shape index (κ1) is 9.47. The number of nitrogens with two attached hydrogens (primary N) is 1. The fourth-order valence-electron chi connectivity index (χ4n) is 3.04. The third-order valence-electron chi connectivity index (χ3n) is 3.60. The lowest BCUT2D eigenvalue weighted by molar-refractivity contribution is 0.0859. The number of hydrogen-bond acceptors (Lipinski definition) is 2. The molecule has 76 valence electrons. The highest BCUT2D eigenvalue weighted by molar-refractivity contribution is 4.83. The molecule has 0 radical (unpaired) electrons. The normalized spacial score (nSPS) is 34.8. The fraction of sp³-hybridized carbons (Fsp3) is 1.00. The minimum Gasteiger partial charge on any atom is -0.330 e. The van der Waals surface area contributed by atoms with Crippen LogP contribution in [0.3, 0.4) is 0 Å². The molecule has 13 heavy (non-hydrogen) atoms. The Kier molecular flexibility index (Phi) is 3.23. The zero-order valence-corrected chi connectivity index (χ0v) is 8.54. The monoisotopic (exact) mass is 182 g/mol. The molecule has 2 rings (SSSR count). The molecule has 2 atom stereocenters. The summed E-state index contributed by atoms with van der Waals surface area (Å²) in [5, 5.41) is 0. The van der Waals surface area contributed by atoms with Crippen molar-refractivity contribution in [3.8, 4) is 0 Å². The summed E-state index contributed by atoms with van der Waals surface area (Å²) in [6.45, 7) is 4.81. The number of rotatable bonds is 3. The van der Waals surface area contributed by atoms with Crippen LogP contribution in [0.25, 0.3) is 0 Å². The first-order chi connectivity index (χ1) is 6.38. The molecule has 1 saturated heterocycles. The highest BCUT2D eigenvalue weighted by Crippen LogP contribution is 2.34. The van der Waals surface area contributed by atoms with Gasteiger partial charge in [-0.25, -0.2) is 0 Å².